The third-order valence-electron chi connectivity index (χ3n) is 12.2. The minimum absolute atomic E-state index is 0.794. The van der Waals surface area contributed by atoms with Gasteiger partial charge in [0.25, 0.3) is 0 Å². The van der Waals surface area contributed by atoms with Crippen LogP contribution in [0, 0.1) is 6.92 Å². The molecule has 3 heteroatoms. The first kappa shape index (κ1) is 35.5. The molecule has 0 bridgehead atoms. The molecule has 0 aromatic heterocycles. The van der Waals surface area contributed by atoms with Crippen LogP contribution in [0.3, 0.4) is 0 Å². The third-order valence-corrected chi connectivity index (χ3v) is 12.2. The van der Waals surface area contributed by atoms with Gasteiger partial charge in [0.15, 0.2) is 7.28 Å². The van der Waals surface area contributed by atoms with Crippen molar-refractivity contribution < 1.29 is 0 Å². The Bertz CT molecular complexity index is 3190. The molecular weight excluding hydrogens is 723 g/mol. The van der Waals surface area contributed by atoms with E-state index in [-0.39, 0.29) is 0 Å². The quantitative estimate of drug-likeness (QED) is 0.163. The SMILES string of the molecule is Cc1ccc(-c2ccccc2)cc1N1c2cc3ccccc3cc2Bc2c(-c3c(Nc4ccc(-c5ccccc5)cc4)ccc4ccccc34)cc(-c3ccccc3)cc21. The van der Waals surface area contributed by atoms with Gasteiger partial charge in [-0.25, -0.2) is 0 Å². The van der Waals surface area contributed by atoms with E-state index < -0.39 is 0 Å². The van der Waals surface area contributed by atoms with Crippen LogP contribution in [0.4, 0.5) is 28.4 Å². The molecule has 0 unspecified atom stereocenters. The van der Waals surface area contributed by atoms with Crippen molar-refractivity contribution in [2.75, 3.05) is 10.2 Å². The van der Waals surface area contributed by atoms with E-state index in [1.807, 2.05) is 0 Å². The molecule has 1 aliphatic rings. The van der Waals surface area contributed by atoms with Crippen LogP contribution in [-0.4, -0.2) is 7.28 Å². The van der Waals surface area contributed by atoms with Crippen molar-refractivity contribution in [2.45, 2.75) is 6.92 Å². The van der Waals surface area contributed by atoms with Gasteiger partial charge in [-0.3, -0.25) is 0 Å². The summed E-state index contributed by atoms with van der Waals surface area (Å²) in [5.74, 6) is 0. The van der Waals surface area contributed by atoms with Gasteiger partial charge < -0.3 is 10.2 Å². The maximum Gasteiger partial charge on any atom is 0.198 e. The zero-order chi connectivity index (χ0) is 40.0. The molecule has 1 N–H and O–H groups in total. The van der Waals surface area contributed by atoms with Crippen LogP contribution in [0.1, 0.15) is 5.56 Å². The molecule has 0 atom stereocenters. The molecule has 10 aromatic carbocycles. The first-order valence-corrected chi connectivity index (χ1v) is 20.8. The highest BCUT2D eigenvalue weighted by Gasteiger charge is 2.31. The monoisotopic (exact) mass is 764 g/mol. The fraction of sp³-hybridized carbons (Fsp3) is 0.0175. The maximum atomic E-state index is 3.92. The number of benzene rings is 10. The summed E-state index contributed by atoms with van der Waals surface area (Å²) in [4.78, 5) is 2.55. The van der Waals surface area contributed by atoms with Gasteiger partial charge in [-0.1, -0.05) is 181 Å². The summed E-state index contributed by atoms with van der Waals surface area (Å²) in [5, 5.41) is 8.83. The number of nitrogens with one attached hydrogen (secondary N) is 1. The minimum Gasteiger partial charge on any atom is -0.355 e. The number of fused-ring (bicyclic) bond motifs is 4. The van der Waals surface area contributed by atoms with Gasteiger partial charge in [-0.2, -0.15) is 0 Å². The number of anilines is 5. The smallest absolute Gasteiger partial charge is 0.198 e. The second kappa shape index (κ2) is 15.0. The largest absolute Gasteiger partial charge is 0.355 e. The van der Waals surface area contributed by atoms with Crippen LogP contribution in [0.25, 0.3) is 66.1 Å². The molecule has 0 spiro atoms. The van der Waals surface area contributed by atoms with Gasteiger partial charge >= 0.3 is 0 Å². The first-order chi connectivity index (χ1) is 29.6. The summed E-state index contributed by atoms with van der Waals surface area (Å²) in [6.07, 6.45) is 0. The Morgan fingerprint density at radius 3 is 1.65 bits per heavy atom. The summed E-state index contributed by atoms with van der Waals surface area (Å²) in [6, 6.07) is 79.7. The molecule has 0 saturated heterocycles. The molecule has 2 nitrogen and oxygen atoms in total. The van der Waals surface area contributed by atoms with E-state index in [9.17, 15) is 0 Å². The standard InChI is InChI=1S/C57H41BN2/c1-38-25-26-46(40-17-7-3-8-18-40)35-53(38)60-54-36-45-23-12-11-22-44(45)34-51(54)58-57-50(33-47(37-55(57)60)41-19-9-4-10-20-41)56-49-24-14-13-21-43(49)29-32-52(56)59-48-30-27-42(28-31-48)39-15-5-2-6-16-39/h2-37,58-59H,1H3. The maximum absolute atomic E-state index is 3.92. The summed E-state index contributed by atoms with van der Waals surface area (Å²) in [5.41, 5.74) is 19.2. The normalized spacial score (nSPS) is 11.8. The lowest BCUT2D eigenvalue weighted by atomic mass is 9.57. The van der Waals surface area contributed by atoms with Crippen LogP contribution >= 0.6 is 0 Å². The molecule has 0 amide bonds. The fourth-order valence-corrected chi connectivity index (χ4v) is 9.13. The van der Waals surface area contributed by atoms with Gasteiger partial charge in [0.2, 0.25) is 0 Å². The zero-order valence-corrected chi connectivity index (χ0v) is 33.4. The molecule has 1 heterocycles. The van der Waals surface area contributed by atoms with Crippen molar-refractivity contribution in [1.82, 2.24) is 0 Å². The Hall–Kier alpha value is -7.62. The number of rotatable bonds is 7. The zero-order valence-electron chi connectivity index (χ0n) is 33.4. The number of aryl methyl sites for hydroxylation is 1. The average molecular weight is 765 g/mol. The van der Waals surface area contributed by atoms with E-state index in [0.29, 0.717) is 0 Å². The lowest BCUT2D eigenvalue weighted by molar-refractivity contribution is 1.26. The molecule has 0 aliphatic carbocycles. The van der Waals surface area contributed by atoms with E-state index >= 15 is 0 Å². The molecule has 10 aromatic rings. The Labute approximate surface area is 352 Å². The van der Waals surface area contributed by atoms with Crippen molar-refractivity contribution in [1.29, 1.82) is 0 Å². The number of nitrogens with zero attached hydrogens (tertiary/aromatic N) is 1. The molecule has 0 radical (unpaired) electrons. The topological polar surface area (TPSA) is 15.3 Å². The third kappa shape index (κ3) is 6.42. The lowest BCUT2D eigenvalue weighted by Gasteiger charge is -2.37. The van der Waals surface area contributed by atoms with Crippen LogP contribution in [0.2, 0.25) is 0 Å². The van der Waals surface area contributed by atoms with Crippen molar-refractivity contribution in [3.63, 3.8) is 0 Å². The van der Waals surface area contributed by atoms with Crippen LogP contribution in [0.15, 0.2) is 218 Å². The van der Waals surface area contributed by atoms with Gasteiger partial charge in [-0.15, -0.1) is 0 Å². The Kier molecular flexibility index (Phi) is 8.86. The Morgan fingerprint density at radius 1 is 0.400 bits per heavy atom. The van der Waals surface area contributed by atoms with E-state index in [1.165, 1.54) is 99.6 Å². The van der Waals surface area contributed by atoms with E-state index in [2.05, 4.69) is 236 Å². The van der Waals surface area contributed by atoms with Gasteiger partial charge in [0, 0.05) is 34.0 Å². The highest BCUT2D eigenvalue weighted by molar-refractivity contribution is 6.73. The van der Waals surface area contributed by atoms with Gasteiger partial charge in [0.1, 0.15) is 0 Å². The minimum atomic E-state index is 0.794. The molecule has 60 heavy (non-hydrogen) atoms. The summed E-state index contributed by atoms with van der Waals surface area (Å²) >= 11 is 0. The lowest BCUT2D eigenvalue weighted by Crippen LogP contribution is -2.41. The van der Waals surface area contributed by atoms with E-state index in [0.717, 1.165) is 18.7 Å². The second-order valence-corrected chi connectivity index (χ2v) is 15.9. The summed E-state index contributed by atoms with van der Waals surface area (Å²) < 4.78 is 0. The molecule has 282 valence electrons. The van der Waals surface area contributed by atoms with Crippen molar-refractivity contribution in [2.24, 2.45) is 0 Å². The Morgan fingerprint density at radius 2 is 0.950 bits per heavy atom. The van der Waals surface area contributed by atoms with E-state index in [1.54, 1.807) is 0 Å². The number of hydrogen-bond donors (Lipinski definition) is 1. The van der Waals surface area contributed by atoms with Crippen LogP contribution < -0.4 is 21.1 Å². The van der Waals surface area contributed by atoms with E-state index in [4.69, 9.17) is 0 Å². The Balaban J connectivity index is 1.18. The fourth-order valence-electron chi connectivity index (χ4n) is 9.13. The highest BCUT2D eigenvalue weighted by atomic mass is 15.2. The predicted molar refractivity (Wildman–Crippen MR) is 259 cm³/mol. The van der Waals surface area contributed by atoms with Crippen LogP contribution in [0.5, 0.6) is 0 Å². The summed E-state index contributed by atoms with van der Waals surface area (Å²) in [6.45, 7) is 2.25. The second-order valence-electron chi connectivity index (χ2n) is 15.9. The first-order valence-electron chi connectivity index (χ1n) is 20.8. The average Bonchev–Trinajstić information content (AvgIpc) is 3.31. The summed E-state index contributed by atoms with van der Waals surface area (Å²) in [7, 11) is 0.794. The number of hydrogen-bond acceptors (Lipinski definition) is 2. The molecule has 1 aliphatic heterocycles. The van der Waals surface area contributed by atoms with Crippen LogP contribution in [-0.2, 0) is 0 Å². The molecule has 11 rings (SSSR count). The van der Waals surface area contributed by atoms with Crippen molar-refractivity contribution in [3.8, 4) is 44.5 Å². The van der Waals surface area contributed by atoms with Crippen molar-refractivity contribution >= 4 is 68.2 Å². The molecule has 0 fully saturated rings. The molecular formula is C57H41BN2. The van der Waals surface area contributed by atoms with Gasteiger partial charge in [-0.05, 0) is 121 Å². The predicted octanol–water partition coefficient (Wildman–Crippen LogP) is 13.9. The molecule has 0 saturated carbocycles. The van der Waals surface area contributed by atoms with Crippen molar-refractivity contribution in [3.05, 3.63) is 224 Å². The highest BCUT2D eigenvalue weighted by Crippen LogP contribution is 2.45. The van der Waals surface area contributed by atoms with Gasteiger partial charge in [0.05, 0.1) is 0 Å².